The molecule has 2 aromatic heterocycles. The van der Waals surface area contributed by atoms with Gasteiger partial charge >= 0.3 is 0 Å². The number of nitrogens with one attached hydrogen (secondary N) is 2. The summed E-state index contributed by atoms with van der Waals surface area (Å²) in [5, 5.41) is 13.7. The SMILES string of the molecule is C=N/C(=C\SCNc1ccc(C)cn1)c1sc(C)nc1C.COCC=C(C)C.N=C1C[C@@H]2C[C@H](C1)N2C=O. The highest BCUT2D eigenvalue weighted by atomic mass is 32.2. The van der Waals surface area contributed by atoms with Crippen LogP contribution in [0, 0.1) is 26.2 Å². The number of rotatable bonds is 9. The molecule has 1 aliphatic carbocycles. The van der Waals surface area contributed by atoms with Crippen molar-refractivity contribution < 1.29 is 9.53 Å². The van der Waals surface area contributed by atoms with E-state index in [9.17, 15) is 4.79 Å². The first kappa shape index (κ1) is 31.4. The number of nitrogens with zero attached hydrogens (tertiary/aromatic N) is 4. The van der Waals surface area contributed by atoms with Crippen LogP contribution >= 0.6 is 23.1 Å². The number of amides is 1. The third-order valence-electron chi connectivity index (χ3n) is 5.88. The van der Waals surface area contributed by atoms with Crippen LogP contribution in [0.1, 0.15) is 54.3 Å². The number of carbonyl (C=O) groups excluding carboxylic acids is 1. The molecule has 0 spiro atoms. The Morgan fingerprint density at radius 1 is 1.32 bits per heavy atom. The van der Waals surface area contributed by atoms with Gasteiger partial charge in [0.15, 0.2) is 0 Å². The van der Waals surface area contributed by atoms with Crippen molar-refractivity contribution in [2.24, 2.45) is 4.99 Å². The molecule has 2 N–H and O–H groups in total. The van der Waals surface area contributed by atoms with E-state index in [0.717, 1.165) is 76.5 Å². The van der Waals surface area contributed by atoms with Crippen LogP contribution in [-0.2, 0) is 9.53 Å². The first-order chi connectivity index (χ1) is 18.2. The maximum absolute atomic E-state index is 10.4. The Morgan fingerprint density at radius 2 is 2.03 bits per heavy atom. The van der Waals surface area contributed by atoms with E-state index >= 15 is 0 Å². The van der Waals surface area contributed by atoms with E-state index in [2.05, 4.69) is 40.8 Å². The van der Waals surface area contributed by atoms with Crippen LogP contribution in [0.25, 0.3) is 5.70 Å². The minimum atomic E-state index is 0.378. The molecule has 2 atom stereocenters. The monoisotopic (exact) mass is 556 g/mol. The summed E-state index contributed by atoms with van der Waals surface area (Å²) in [5.41, 5.74) is 5.16. The predicted molar refractivity (Wildman–Crippen MR) is 163 cm³/mol. The Hall–Kier alpha value is -2.82. The number of hydrogen-bond donors (Lipinski definition) is 2. The Balaban J connectivity index is 0.000000244. The number of aryl methyl sites for hydroxylation is 3. The van der Waals surface area contributed by atoms with Crippen molar-refractivity contribution in [1.82, 2.24) is 14.9 Å². The summed E-state index contributed by atoms with van der Waals surface area (Å²) >= 11 is 3.27. The van der Waals surface area contributed by atoms with Gasteiger partial charge in [-0.1, -0.05) is 17.7 Å². The van der Waals surface area contributed by atoms with E-state index in [1.54, 1.807) is 30.2 Å². The molecule has 206 valence electrons. The lowest BCUT2D eigenvalue weighted by Crippen LogP contribution is -2.60. The molecule has 2 aromatic rings. The van der Waals surface area contributed by atoms with Crippen molar-refractivity contribution in [3.8, 4) is 0 Å². The molecule has 0 aromatic carbocycles. The third kappa shape index (κ3) is 10.2. The lowest BCUT2D eigenvalue weighted by Gasteiger charge is -2.50. The number of methoxy groups -OCH3 is 1. The van der Waals surface area contributed by atoms with E-state index in [1.807, 2.05) is 55.5 Å². The summed E-state index contributed by atoms with van der Waals surface area (Å²) in [6.07, 6.45) is 7.57. The number of aliphatic imine (C=N–C) groups is 1. The molecule has 2 saturated heterocycles. The molecular weight excluding hydrogens is 516 g/mol. The number of thioether (sulfide) groups is 1. The number of hydrogen-bond acceptors (Lipinski definition) is 9. The van der Waals surface area contributed by atoms with Crippen molar-refractivity contribution in [3.05, 3.63) is 56.5 Å². The van der Waals surface area contributed by atoms with E-state index in [0.29, 0.717) is 12.1 Å². The van der Waals surface area contributed by atoms with Crippen molar-refractivity contribution in [2.75, 3.05) is 24.9 Å². The average Bonchev–Trinajstić information content (AvgIpc) is 3.22. The molecule has 0 radical (unpaired) electrons. The summed E-state index contributed by atoms with van der Waals surface area (Å²) in [4.78, 5) is 26.1. The lowest BCUT2D eigenvalue weighted by molar-refractivity contribution is -0.130. The van der Waals surface area contributed by atoms with Gasteiger partial charge in [-0.15, -0.1) is 23.1 Å². The van der Waals surface area contributed by atoms with Gasteiger partial charge in [0.2, 0.25) is 6.41 Å². The second-order valence-corrected chi connectivity index (χ2v) is 11.4. The molecule has 0 unspecified atom stereocenters. The highest BCUT2D eigenvalue weighted by Gasteiger charge is 2.42. The number of aromatic nitrogens is 2. The molecule has 1 saturated carbocycles. The standard InChI is InChI=1S/C15H18N4S2.C7H10N2O.C6H12O/c1-10-5-6-14(17-7-10)18-9-20-8-13(16-4)15-11(2)19-12(3)21-15;8-5-1-6-3-7(2-5)9(6)4-10;1-6(2)4-5-7-3/h5-8H,4,9H2,1-3H3,(H,17,18);4,6-8H,1-3H2;4H,5H2,1-3H3/b13-8-;;/t;6-,7+;. The minimum Gasteiger partial charge on any atom is -0.381 e. The fraction of sp³-hybridized carbons (Fsp3) is 0.464. The van der Waals surface area contributed by atoms with E-state index in [4.69, 9.17) is 10.1 Å². The molecule has 8 nitrogen and oxygen atoms in total. The number of thiazole rings is 1. The van der Waals surface area contributed by atoms with Gasteiger partial charge in [0.1, 0.15) is 5.82 Å². The summed E-state index contributed by atoms with van der Waals surface area (Å²) in [6.45, 7) is 14.5. The third-order valence-corrected chi connectivity index (χ3v) is 7.68. The molecule has 4 heterocycles. The second kappa shape index (κ2) is 16.2. The van der Waals surface area contributed by atoms with Crippen molar-refractivity contribution >= 4 is 53.5 Å². The van der Waals surface area contributed by atoms with Crippen molar-refractivity contribution in [3.63, 3.8) is 0 Å². The Bertz CT molecular complexity index is 1110. The van der Waals surface area contributed by atoms with Gasteiger partial charge in [-0.2, -0.15) is 0 Å². The van der Waals surface area contributed by atoms with Gasteiger partial charge in [-0.3, -0.25) is 9.79 Å². The Kier molecular flexibility index (Phi) is 13.4. The number of allylic oxidation sites excluding steroid dienone is 1. The molecule has 2 bridgehead atoms. The summed E-state index contributed by atoms with van der Waals surface area (Å²) in [7, 11) is 1.69. The predicted octanol–water partition coefficient (Wildman–Crippen LogP) is 6.26. The first-order valence-corrected chi connectivity index (χ1v) is 14.4. The van der Waals surface area contributed by atoms with E-state index in [1.165, 1.54) is 5.57 Å². The van der Waals surface area contributed by atoms with Crippen LogP contribution in [0.15, 0.2) is 40.4 Å². The maximum Gasteiger partial charge on any atom is 0.210 e. The topological polar surface area (TPSA) is 104 Å². The highest BCUT2D eigenvalue weighted by molar-refractivity contribution is 8.02. The average molecular weight is 557 g/mol. The molecule has 3 aliphatic rings. The van der Waals surface area contributed by atoms with Crippen molar-refractivity contribution in [1.29, 1.82) is 5.41 Å². The van der Waals surface area contributed by atoms with Gasteiger partial charge in [0.25, 0.3) is 0 Å². The van der Waals surface area contributed by atoms with E-state index < -0.39 is 0 Å². The van der Waals surface area contributed by atoms with Gasteiger partial charge in [-0.05, 0) is 64.8 Å². The summed E-state index contributed by atoms with van der Waals surface area (Å²) < 4.78 is 4.78. The molecule has 38 heavy (non-hydrogen) atoms. The second-order valence-electron chi connectivity index (χ2n) is 9.36. The maximum atomic E-state index is 10.4. The van der Waals surface area contributed by atoms with Crippen LogP contribution < -0.4 is 5.32 Å². The van der Waals surface area contributed by atoms with Crippen LogP contribution in [0.5, 0.6) is 0 Å². The van der Waals surface area contributed by atoms with Crippen LogP contribution in [0.4, 0.5) is 5.82 Å². The summed E-state index contributed by atoms with van der Waals surface area (Å²) in [5.74, 6) is 1.60. The highest BCUT2D eigenvalue weighted by Crippen LogP contribution is 2.34. The van der Waals surface area contributed by atoms with Gasteiger partial charge in [0, 0.05) is 43.9 Å². The van der Waals surface area contributed by atoms with Gasteiger partial charge < -0.3 is 20.4 Å². The van der Waals surface area contributed by atoms with Crippen molar-refractivity contribution in [2.45, 2.75) is 66.0 Å². The Labute approximate surface area is 235 Å². The fourth-order valence-electron chi connectivity index (χ4n) is 3.91. The van der Waals surface area contributed by atoms with Gasteiger partial charge in [0.05, 0.1) is 33.8 Å². The molecule has 1 amide bonds. The zero-order valence-corrected chi connectivity index (χ0v) is 24.9. The molecule has 3 fully saturated rings. The van der Waals surface area contributed by atoms with E-state index in [-0.39, 0.29) is 0 Å². The largest absolute Gasteiger partial charge is 0.381 e. The quantitative estimate of drug-likeness (QED) is 0.124. The molecule has 5 rings (SSSR count). The zero-order valence-electron chi connectivity index (χ0n) is 23.3. The summed E-state index contributed by atoms with van der Waals surface area (Å²) in [6, 6.07) is 4.77. The normalized spacial score (nSPS) is 17.7. The number of fused-ring (bicyclic) bond motifs is 2. The fourth-order valence-corrected chi connectivity index (χ4v) is 5.55. The number of pyridine rings is 1. The van der Waals surface area contributed by atoms with Gasteiger partial charge in [-0.25, -0.2) is 9.97 Å². The molecule has 2 aliphatic heterocycles. The number of anilines is 1. The number of carbonyl (C=O) groups is 1. The van der Waals surface area contributed by atoms with Crippen LogP contribution in [-0.4, -0.2) is 65.4 Å². The molecular formula is C28H40N6O2S2. The smallest absolute Gasteiger partial charge is 0.210 e. The molecule has 10 heteroatoms. The van der Waals surface area contributed by atoms with Crippen LogP contribution in [0.3, 0.4) is 0 Å². The number of piperidine rings is 1. The minimum absolute atomic E-state index is 0.378. The zero-order chi connectivity index (χ0) is 28.1. The Morgan fingerprint density at radius 3 is 2.50 bits per heavy atom. The first-order valence-electron chi connectivity index (χ1n) is 12.5. The van der Waals surface area contributed by atoms with Crippen LogP contribution in [0.2, 0.25) is 0 Å². The lowest BCUT2D eigenvalue weighted by atomic mass is 9.79. The number of ether oxygens (including phenoxy) is 1.